The molecule has 3 aromatic heterocycles. The molecule has 1 saturated carbocycles. The molecule has 0 spiro atoms. The molecule has 0 unspecified atom stereocenters. The molecule has 0 radical (unpaired) electrons. The Kier molecular flexibility index (Phi) is 5.32. The number of nitrogens with zero attached hydrogens (tertiary/aromatic N) is 4. The van der Waals surface area contributed by atoms with Gasteiger partial charge in [0.05, 0.1) is 23.1 Å². The van der Waals surface area contributed by atoms with Crippen LogP contribution in [0.4, 0.5) is 8.78 Å². The number of halogens is 2. The van der Waals surface area contributed by atoms with Crippen LogP contribution in [-0.2, 0) is 17.9 Å². The van der Waals surface area contributed by atoms with Crippen LogP contribution in [0.15, 0.2) is 42.9 Å². The van der Waals surface area contributed by atoms with Crippen molar-refractivity contribution in [2.45, 2.75) is 45.9 Å². The Morgan fingerprint density at radius 2 is 1.97 bits per heavy atom. The smallest absolute Gasteiger partial charge is 0.241 e. The number of fused-ring (bicyclic) bond motifs is 1. The van der Waals surface area contributed by atoms with E-state index >= 15 is 0 Å². The highest BCUT2D eigenvalue weighted by Crippen LogP contribution is 2.31. The Morgan fingerprint density at radius 3 is 2.70 bits per heavy atom. The van der Waals surface area contributed by atoms with Gasteiger partial charge in [0.1, 0.15) is 24.8 Å². The van der Waals surface area contributed by atoms with Crippen molar-refractivity contribution in [3.8, 4) is 17.0 Å². The van der Waals surface area contributed by atoms with Gasteiger partial charge in [0.2, 0.25) is 5.91 Å². The summed E-state index contributed by atoms with van der Waals surface area (Å²) in [5.41, 5.74) is 3.64. The first-order chi connectivity index (χ1) is 15.9. The third-order valence-electron chi connectivity index (χ3n) is 5.59. The van der Waals surface area contributed by atoms with Crippen LogP contribution in [0.1, 0.15) is 29.7 Å². The summed E-state index contributed by atoms with van der Waals surface area (Å²) in [4.78, 5) is 16.7. The lowest BCUT2D eigenvalue weighted by molar-refractivity contribution is -0.122. The number of hydrogen-bond acceptors (Lipinski definition) is 4. The zero-order valence-corrected chi connectivity index (χ0v) is 18.3. The minimum Gasteiger partial charge on any atom is -0.485 e. The van der Waals surface area contributed by atoms with Crippen molar-refractivity contribution >= 4 is 11.6 Å². The van der Waals surface area contributed by atoms with Crippen molar-refractivity contribution in [1.29, 1.82) is 0 Å². The van der Waals surface area contributed by atoms with Crippen molar-refractivity contribution in [3.05, 3.63) is 71.3 Å². The molecule has 5 rings (SSSR count). The summed E-state index contributed by atoms with van der Waals surface area (Å²) in [5, 5.41) is 7.28. The van der Waals surface area contributed by atoms with Gasteiger partial charge in [-0.3, -0.25) is 13.9 Å². The van der Waals surface area contributed by atoms with Crippen LogP contribution in [0.25, 0.3) is 16.9 Å². The average Bonchev–Trinajstić information content (AvgIpc) is 3.34. The van der Waals surface area contributed by atoms with E-state index < -0.39 is 11.6 Å². The number of aromatic nitrogens is 4. The predicted molar refractivity (Wildman–Crippen MR) is 118 cm³/mol. The maximum absolute atomic E-state index is 14.0. The third kappa shape index (κ3) is 4.30. The molecule has 170 valence electrons. The number of pyridine rings is 1. The summed E-state index contributed by atoms with van der Waals surface area (Å²) in [6.45, 7) is 3.66. The normalized spacial score (nSPS) is 13.5. The molecule has 1 N–H and O–H groups in total. The number of imidazole rings is 1. The van der Waals surface area contributed by atoms with Crippen molar-refractivity contribution in [1.82, 2.24) is 24.5 Å². The van der Waals surface area contributed by atoms with Crippen LogP contribution in [0.2, 0.25) is 0 Å². The van der Waals surface area contributed by atoms with E-state index in [0.717, 1.165) is 35.4 Å². The highest BCUT2D eigenvalue weighted by Gasteiger charge is 2.23. The summed E-state index contributed by atoms with van der Waals surface area (Å²) in [5.74, 6) is -0.953. The maximum Gasteiger partial charge on any atom is 0.241 e. The summed E-state index contributed by atoms with van der Waals surface area (Å²) in [6.07, 6.45) is 7.48. The van der Waals surface area contributed by atoms with Crippen molar-refractivity contribution in [2.75, 3.05) is 0 Å². The van der Waals surface area contributed by atoms with Crippen LogP contribution in [0.3, 0.4) is 0 Å². The highest BCUT2D eigenvalue weighted by molar-refractivity contribution is 5.76. The van der Waals surface area contributed by atoms with E-state index in [2.05, 4.69) is 15.4 Å². The first-order valence-corrected chi connectivity index (χ1v) is 10.8. The van der Waals surface area contributed by atoms with Crippen LogP contribution in [-0.4, -0.2) is 31.1 Å². The Bertz CT molecular complexity index is 1340. The maximum atomic E-state index is 14.0. The molecule has 1 aromatic carbocycles. The first-order valence-electron chi connectivity index (χ1n) is 10.8. The van der Waals surface area contributed by atoms with E-state index in [4.69, 9.17) is 4.74 Å². The van der Waals surface area contributed by atoms with E-state index in [1.54, 1.807) is 23.1 Å². The van der Waals surface area contributed by atoms with Gasteiger partial charge in [-0.05, 0) is 50.5 Å². The molecular weight excluding hydrogens is 428 g/mol. The third-order valence-corrected chi connectivity index (χ3v) is 5.59. The average molecular weight is 451 g/mol. The quantitative estimate of drug-likeness (QED) is 0.462. The zero-order valence-electron chi connectivity index (χ0n) is 18.3. The fourth-order valence-corrected chi connectivity index (χ4v) is 3.85. The molecule has 0 saturated heterocycles. The fraction of sp³-hybridized carbons (Fsp3) is 0.292. The SMILES string of the molecule is Cc1cc(OCc2c(F)cccc2F)c2nc(C)c(-c3cnn(CC(=O)NC4CC4)c3)n2c1. The molecule has 1 fully saturated rings. The molecule has 7 nitrogen and oxygen atoms in total. The van der Waals surface area contributed by atoms with E-state index in [9.17, 15) is 13.6 Å². The van der Waals surface area contributed by atoms with E-state index in [-0.39, 0.29) is 24.6 Å². The summed E-state index contributed by atoms with van der Waals surface area (Å²) in [6, 6.07) is 5.81. The number of carbonyl (C=O) groups is 1. The number of aryl methyl sites for hydroxylation is 2. The van der Waals surface area contributed by atoms with Gasteiger partial charge in [-0.1, -0.05) is 6.07 Å². The number of nitrogens with one attached hydrogen (secondary N) is 1. The van der Waals surface area contributed by atoms with Crippen LogP contribution in [0, 0.1) is 25.5 Å². The molecule has 4 aromatic rings. The van der Waals surface area contributed by atoms with Crippen LogP contribution < -0.4 is 10.1 Å². The van der Waals surface area contributed by atoms with E-state index in [0.29, 0.717) is 17.4 Å². The van der Waals surface area contributed by atoms with Crippen LogP contribution >= 0.6 is 0 Å². The van der Waals surface area contributed by atoms with Gasteiger partial charge >= 0.3 is 0 Å². The lowest BCUT2D eigenvalue weighted by atomic mass is 10.2. The Hall–Kier alpha value is -3.75. The summed E-state index contributed by atoms with van der Waals surface area (Å²) < 4.78 is 37.3. The van der Waals surface area contributed by atoms with Crippen molar-refractivity contribution in [2.24, 2.45) is 0 Å². The number of hydrogen-bond donors (Lipinski definition) is 1. The fourth-order valence-electron chi connectivity index (χ4n) is 3.85. The zero-order chi connectivity index (χ0) is 23.1. The first kappa shape index (κ1) is 21.1. The van der Waals surface area contributed by atoms with E-state index in [1.165, 1.54) is 18.2 Å². The molecule has 9 heteroatoms. The van der Waals surface area contributed by atoms with Crippen LogP contribution in [0.5, 0.6) is 5.75 Å². The van der Waals surface area contributed by atoms with Crippen molar-refractivity contribution in [3.63, 3.8) is 0 Å². The minimum absolute atomic E-state index is 0.0612. The second-order valence-electron chi connectivity index (χ2n) is 8.38. The molecule has 0 atom stereocenters. The molecule has 1 aliphatic carbocycles. The van der Waals surface area contributed by atoms with Gasteiger partial charge in [0, 0.05) is 24.0 Å². The second kappa shape index (κ2) is 8.31. The molecular formula is C24H23F2N5O2. The molecule has 1 amide bonds. The van der Waals surface area contributed by atoms with Gasteiger partial charge in [-0.15, -0.1) is 0 Å². The summed E-state index contributed by atoms with van der Waals surface area (Å²) >= 11 is 0. The van der Waals surface area contributed by atoms with Gasteiger partial charge in [0.25, 0.3) is 0 Å². The van der Waals surface area contributed by atoms with E-state index in [1.807, 2.05) is 24.4 Å². The van der Waals surface area contributed by atoms with Gasteiger partial charge in [0.15, 0.2) is 11.4 Å². The largest absolute Gasteiger partial charge is 0.485 e. The minimum atomic E-state index is -0.656. The second-order valence-corrected chi connectivity index (χ2v) is 8.38. The number of carbonyl (C=O) groups excluding carboxylic acids is 1. The highest BCUT2D eigenvalue weighted by atomic mass is 19.1. The van der Waals surface area contributed by atoms with Gasteiger partial charge in [-0.2, -0.15) is 5.10 Å². The lowest BCUT2D eigenvalue weighted by Crippen LogP contribution is -2.29. The van der Waals surface area contributed by atoms with Gasteiger partial charge < -0.3 is 10.1 Å². The van der Waals surface area contributed by atoms with Gasteiger partial charge in [-0.25, -0.2) is 13.8 Å². The summed E-state index contributed by atoms with van der Waals surface area (Å²) in [7, 11) is 0. The number of benzene rings is 1. The van der Waals surface area contributed by atoms with Crippen molar-refractivity contribution < 1.29 is 18.3 Å². The molecule has 33 heavy (non-hydrogen) atoms. The standard InChI is InChI=1S/C24H23F2N5O2/c1-14-8-21(33-13-18-19(25)4-3-5-20(18)26)24-28-15(2)23(31(24)10-14)16-9-27-30(11-16)12-22(32)29-17-6-7-17/h3-5,8-11,17H,6-7,12-13H2,1-2H3,(H,29,32). The molecule has 0 bridgehead atoms. The Morgan fingerprint density at radius 1 is 1.21 bits per heavy atom. The predicted octanol–water partition coefficient (Wildman–Crippen LogP) is 3.95. The molecule has 0 aliphatic heterocycles. The number of ether oxygens (including phenoxy) is 1. The molecule has 3 heterocycles. The Balaban J connectivity index is 1.44. The number of amides is 1. The Labute approximate surface area is 189 Å². The monoisotopic (exact) mass is 451 g/mol. The molecule has 1 aliphatic rings. The number of rotatable bonds is 7. The lowest BCUT2D eigenvalue weighted by Gasteiger charge is -2.11. The topological polar surface area (TPSA) is 73.5 Å².